The van der Waals surface area contributed by atoms with Gasteiger partial charge >= 0.3 is 6.03 Å². The summed E-state index contributed by atoms with van der Waals surface area (Å²) >= 11 is 1.30. The van der Waals surface area contributed by atoms with Crippen LogP contribution in [-0.2, 0) is 11.3 Å². The van der Waals surface area contributed by atoms with Crippen LogP contribution in [0.4, 0.5) is 15.7 Å². The molecule has 0 radical (unpaired) electrons. The highest BCUT2D eigenvalue weighted by molar-refractivity contribution is 7.13. The smallest absolute Gasteiger partial charge is 0.317 e. The number of urea groups is 1. The predicted molar refractivity (Wildman–Crippen MR) is 120 cm³/mol. The van der Waals surface area contributed by atoms with Gasteiger partial charge in [0.05, 0.1) is 0 Å². The number of nitrogens with one attached hydrogen (secondary N) is 2. The summed E-state index contributed by atoms with van der Waals surface area (Å²) in [6, 6.07) is 3.99. The van der Waals surface area contributed by atoms with E-state index < -0.39 is 0 Å². The number of hydrogen-bond acceptors (Lipinski definition) is 7. The zero-order valence-corrected chi connectivity index (χ0v) is 18.4. The van der Waals surface area contributed by atoms with Gasteiger partial charge in [-0.25, -0.2) is 9.78 Å². The maximum absolute atomic E-state index is 12.5. The number of carbonyl (C=O) groups excluding carboxylic acids is 2. The lowest BCUT2D eigenvalue weighted by Gasteiger charge is -2.31. The minimum atomic E-state index is -0.108. The maximum Gasteiger partial charge on any atom is 0.317 e. The van der Waals surface area contributed by atoms with Crippen LogP contribution in [0.5, 0.6) is 0 Å². The Hall–Kier alpha value is -2.75. The third-order valence-electron chi connectivity index (χ3n) is 5.93. The lowest BCUT2D eigenvalue weighted by Crippen LogP contribution is -2.45. The quantitative estimate of drug-likeness (QED) is 0.737. The highest BCUT2D eigenvalue weighted by Crippen LogP contribution is 2.20. The van der Waals surface area contributed by atoms with E-state index in [1.54, 1.807) is 10.4 Å². The SMILES string of the molecule is O=C(Nc1nncs1)C1CCN(C(=O)NCc2ccc(N3CCCCCC3)nc2)CC1. The molecular formula is C21H29N7O2S. The molecule has 0 bridgehead atoms. The molecule has 0 aromatic carbocycles. The first-order valence-corrected chi connectivity index (χ1v) is 11.9. The summed E-state index contributed by atoms with van der Waals surface area (Å²) in [5.41, 5.74) is 2.57. The molecule has 166 valence electrons. The third kappa shape index (κ3) is 5.90. The summed E-state index contributed by atoms with van der Waals surface area (Å²) in [5, 5.41) is 13.8. The number of nitrogens with zero attached hydrogens (tertiary/aromatic N) is 5. The molecule has 9 nitrogen and oxygen atoms in total. The van der Waals surface area contributed by atoms with Crippen LogP contribution in [-0.4, -0.2) is 58.2 Å². The van der Waals surface area contributed by atoms with Gasteiger partial charge in [0.1, 0.15) is 11.3 Å². The first-order valence-electron chi connectivity index (χ1n) is 11.0. The van der Waals surface area contributed by atoms with Crippen molar-refractivity contribution in [3.8, 4) is 0 Å². The normalized spacial score (nSPS) is 17.8. The molecule has 4 heterocycles. The number of aromatic nitrogens is 3. The number of likely N-dealkylation sites (tertiary alicyclic amines) is 1. The zero-order chi connectivity index (χ0) is 21.5. The van der Waals surface area contributed by atoms with Crippen molar-refractivity contribution in [2.24, 2.45) is 5.92 Å². The van der Waals surface area contributed by atoms with Gasteiger partial charge in [-0.1, -0.05) is 30.2 Å². The molecule has 0 unspecified atom stereocenters. The van der Waals surface area contributed by atoms with Crippen LogP contribution < -0.4 is 15.5 Å². The van der Waals surface area contributed by atoms with E-state index >= 15 is 0 Å². The van der Waals surface area contributed by atoms with Gasteiger partial charge in [0, 0.05) is 44.8 Å². The van der Waals surface area contributed by atoms with Crippen molar-refractivity contribution in [1.29, 1.82) is 0 Å². The van der Waals surface area contributed by atoms with E-state index in [0.717, 1.165) is 24.5 Å². The Labute approximate surface area is 186 Å². The van der Waals surface area contributed by atoms with Crippen LogP contribution in [0.1, 0.15) is 44.1 Å². The Morgan fingerprint density at radius 2 is 1.84 bits per heavy atom. The third-order valence-corrected chi connectivity index (χ3v) is 6.53. The van der Waals surface area contributed by atoms with Crippen LogP contribution >= 0.6 is 11.3 Å². The Morgan fingerprint density at radius 3 is 2.48 bits per heavy atom. The molecule has 2 saturated heterocycles. The zero-order valence-electron chi connectivity index (χ0n) is 17.6. The van der Waals surface area contributed by atoms with Gasteiger partial charge in [-0.15, -0.1) is 10.2 Å². The van der Waals surface area contributed by atoms with Crippen LogP contribution in [0.25, 0.3) is 0 Å². The van der Waals surface area contributed by atoms with Crippen LogP contribution in [0.15, 0.2) is 23.8 Å². The molecule has 31 heavy (non-hydrogen) atoms. The van der Waals surface area contributed by atoms with Gasteiger partial charge in [0.2, 0.25) is 11.0 Å². The molecule has 0 aliphatic carbocycles. The minimum Gasteiger partial charge on any atom is -0.357 e. The Morgan fingerprint density at radius 1 is 1.06 bits per heavy atom. The lowest BCUT2D eigenvalue weighted by molar-refractivity contribution is -0.121. The van der Waals surface area contributed by atoms with E-state index in [1.165, 1.54) is 37.0 Å². The van der Waals surface area contributed by atoms with E-state index in [1.807, 2.05) is 12.3 Å². The Balaban J connectivity index is 1.20. The average molecular weight is 444 g/mol. The summed E-state index contributed by atoms with van der Waals surface area (Å²) in [5.74, 6) is 0.863. The molecule has 2 N–H and O–H groups in total. The minimum absolute atomic E-state index is 0.0487. The van der Waals surface area contributed by atoms with Gasteiger partial charge in [0.25, 0.3) is 0 Å². The molecular weight excluding hydrogens is 414 g/mol. The summed E-state index contributed by atoms with van der Waals surface area (Å²) in [7, 11) is 0. The van der Waals surface area contributed by atoms with Crippen LogP contribution in [0.3, 0.4) is 0 Å². The van der Waals surface area contributed by atoms with Gasteiger partial charge < -0.3 is 20.4 Å². The van der Waals surface area contributed by atoms with Gasteiger partial charge in [-0.05, 0) is 37.3 Å². The highest BCUT2D eigenvalue weighted by atomic mass is 32.1. The van der Waals surface area contributed by atoms with Gasteiger partial charge in [0.15, 0.2) is 0 Å². The van der Waals surface area contributed by atoms with E-state index in [4.69, 9.17) is 0 Å². The number of piperidine rings is 1. The first kappa shape index (κ1) is 21.5. The van der Waals surface area contributed by atoms with Gasteiger partial charge in [-0.3, -0.25) is 4.79 Å². The maximum atomic E-state index is 12.5. The number of hydrogen-bond donors (Lipinski definition) is 2. The Bertz CT molecular complexity index is 843. The fraction of sp³-hybridized carbons (Fsp3) is 0.571. The first-order chi connectivity index (χ1) is 15.2. The summed E-state index contributed by atoms with van der Waals surface area (Å²) < 4.78 is 0. The molecule has 10 heteroatoms. The van der Waals surface area contributed by atoms with Crippen LogP contribution in [0.2, 0.25) is 0 Å². The second-order valence-corrected chi connectivity index (χ2v) is 8.91. The van der Waals surface area contributed by atoms with E-state index in [9.17, 15) is 9.59 Å². The largest absolute Gasteiger partial charge is 0.357 e. The number of amides is 3. The molecule has 2 aromatic rings. The van der Waals surface area contributed by atoms with Gasteiger partial charge in [-0.2, -0.15) is 0 Å². The van der Waals surface area contributed by atoms with E-state index in [-0.39, 0.29) is 17.9 Å². The lowest BCUT2D eigenvalue weighted by atomic mass is 9.96. The molecule has 0 spiro atoms. The molecule has 0 atom stereocenters. The Kier molecular flexibility index (Phi) is 7.29. The van der Waals surface area contributed by atoms with Crippen molar-refractivity contribution in [3.63, 3.8) is 0 Å². The van der Waals surface area contributed by atoms with E-state index in [2.05, 4.69) is 36.8 Å². The van der Waals surface area contributed by atoms with Crippen molar-refractivity contribution in [2.45, 2.75) is 45.1 Å². The molecule has 0 saturated carbocycles. The second-order valence-electron chi connectivity index (χ2n) is 8.08. The summed E-state index contributed by atoms with van der Waals surface area (Å²) in [6.45, 7) is 3.71. The fourth-order valence-electron chi connectivity index (χ4n) is 4.08. The van der Waals surface area contributed by atoms with Crippen molar-refractivity contribution < 1.29 is 9.59 Å². The number of anilines is 2. The fourth-order valence-corrected chi connectivity index (χ4v) is 4.53. The van der Waals surface area contributed by atoms with E-state index in [0.29, 0.717) is 37.6 Å². The second kappa shape index (κ2) is 10.5. The highest BCUT2D eigenvalue weighted by Gasteiger charge is 2.27. The van der Waals surface area contributed by atoms with Crippen molar-refractivity contribution in [1.82, 2.24) is 25.4 Å². The molecule has 2 aromatic heterocycles. The molecule has 3 amide bonds. The topological polar surface area (TPSA) is 103 Å². The molecule has 2 aliphatic heterocycles. The summed E-state index contributed by atoms with van der Waals surface area (Å²) in [6.07, 6.45) is 8.18. The standard InChI is InChI=1S/C21H29N7O2S/c29-19(25-20-26-24-15-31-20)17-7-11-28(12-8-17)21(30)23-14-16-5-6-18(22-13-16)27-9-3-1-2-4-10-27/h5-6,13,15,17H,1-4,7-12,14H2,(H,23,30)(H,25,26,29). The van der Waals surface area contributed by atoms with Crippen molar-refractivity contribution in [2.75, 3.05) is 36.4 Å². The number of carbonyl (C=O) groups is 2. The number of rotatable bonds is 5. The monoisotopic (exact) mass is 443 g/mol. The summed E-state index contributed by atoms with van der Waals surface area (Å²) in [4.78, 5) is 33.6. The number of pyridine rings is 1. The predicted octanol–water partition coefficient (Wildman–Crippen LogP) is 2.87. The van der Waals surface area contributed by atoms with Crippen LogP contribution in [0, 0.1) is 5.92 Å². The molecule has 4 rings (SSSR count). The van der Waals surface area contributed by atoms with Crippen molar-refractivity contribution >= 4 is 34.2 Å². The molecule has 2 fully saturated rings. The van der Waals surface area contributed by atoms with Crippen molar-refractivity contribution in [3.05, 3.63) is 29.4 Å². The average Bonchev–Trinajstić information content (AvgIpc) is 3.16. The molecule has 2 aliphatic rings.